The van der Waals surface area contributed by atoms with Crippen molar-refractivity contribution >= 4 is 28.9 Å². The third-order valence-corrected chi connectivity index (χ3v) is 6.37. The third-order valence-electron chi connectivity index (χ3n) is 5.99. The predicted molar refractivity (Wildman–Crippen MR) is 135 cm³/mol. The lowest BCUT2D eigenvalue weighted by Gasteiger charge is -2.29. The predicted octanol–water partition coefficient (Wildman–Crippen LogP) is 4.34. The lowest BCUT2D eigenvalue weighted by Crippen LogP contribution is -2.50. The molecule has 8 heteroatoms. The van der Waals surface area contributed by atoms with Gasteiger partial charge in [0.05, 0.1) is 11.0 Å². The number of carbonyl (C=O) groups excluding carboxylic acids is 1. The van der Waals surface area contributed by atoms with Gasteiger partial charge in [0.2, 0.25) is 5.91 Å². The molecule has 1 saturated heterocycles. The number of nitro benzene ring substituents is 1. The maximum atomic E-state index is 13.4. The fourth-order valence-electron chi connectivity index (χ4n) is 4.28. The maximum absolute atomic E-state index is 13.4. The van der Waals surface area contributed by atoms with Gasteiger partial charge in [0.1, 0.15) is 6.04 Å². The summed E-state index contributed by atoms with van der Waals surface area (Å²) >= 11 is 5.58. The van der Waals surface area contributed by atoms with Crippen LogP contribution in [-0.2, 0) is 11.3 Å². The summed E-state index contributed by atoms with van der Waals surface area (Å²) in [5, 5.41) is 18.0. The van der Waals surface area contributed by atoms with Crippen LogP contribution in [0.4, 0.5) is 5.69 Å². The lowest BCUT2D eigenvalue weighted by molar-refractivity contribution is -0.385. The highest BCUT2D eigenvalue weighted by molar-refractivity contribution is 7.80. The Labute approximate surface area is 203 Å². The summed E-state index contributed by atoms with van der Waals surface area (Å²) < 4.78 is 0. The van der Waals surface area contributed by atoms with E-state index in [2.05, 4.69) is 10.6 Å². The molecular formula is C26H26N4O3S. The van der Waals surface area contributed by atoms with Gasteiger partial charge < -0.3 is 15.5 Å². The topological polar surface area (TPSA) is 87.5 Å². The third kappa shape index (κ3) is 5.40. The van der Waals surface area contributed by atoms with E-state index in [1.165, 1.54) is 6.07 Å². The maximum Gasteiger partial charge on any atom is 0.274 e. The molecule has 1 amide bonds. The minimum absolute atomic E-state index is 0.0436. The van der Waals surface area contributed by atoms with E-state index in [1.54, 1.807) is 18.2 Å². The number of para-hydroxylation sites is 1. The van der Waals surface area contributed by atoms with E-state index >= 15 is 0 Å². The number of rotatable bonds is 7. The van der Waals surface area contributed by atoms with E-state index in [0.717, 1.165) is 17.5 Å². The standard InChI is InChI=1S/C26H26N4O3S/c31-25(28-24(19-10-3-1-4-11-19)20-12-5-2-6-13-20)23-16-9-17-29(23)26(34)27-18-21-14-7-8-15-22(21)30(32)33/h1-8,10-15,23-24H,9,16-18H2,(H,27,34)(H,28,31). The number of hydrogen-bond acceptors (Lipinski definition) is 4. The molecule has 34 heavy (non-hydrogen) atoms. The molecule has 2 N–H and O–H groups in total. The second-order valence-electron chi connectivity index (χ2n) is 8.16. The molecule has 4 rings (SSSR count). The van der Waals surface area contributed by atoms with E-state index in [4.69, 9.17) is 12.2 Å². The Kier molecular flexibility index (Phi) is 7.49. The van der Waals surface area contributed by atoms with Crippen LogP contribution in [0.25, 0.3) is 0 Å². The Morgan fingerprint density at radius 1 is 1.00 bits per heavy atom. The molecule has 1 aliphatic heterocycles. The second kappa shape index (κ2) is 10.9. The van der Waals surface area contributed by atoms with Crippen molar-refractivity contribution in [3.05, 3.63) is 112 Å². The van der Waals surface area contributed by atoms with Crippen molar-refractivity contribution in [1.29, 1.82) is 0 Å². The normalized spacial score (nSPS) is 15.2. The fraction of sp³-hybridized carbons (Fsp3) is 0.231. The number of benzene rings is 3. The molecule has 1 heterocycles. The van der Waals surface area contributed by atoms with E-state index in [9.17, 15) is 14.9 Å². The van der Waals surface area contributed by atoms with Gasteiger partial charge in [-0.15, -0.1) is 0 Å². The zero-order valence-corrected chi connectivity index (χ0v) is 19.4. The van der Waals surface area contributed by atoms with Crippen molar-refractivity contribution in [2.45, 2.75) is 31.5 Å². The number of nitro groups is 1. The van der Waals surface area contributed by atoms with Crippen LogP contribution < -0.4 is 10.6 Å². The van der Waals surface area contributed by atoms with E-state index in [-0.39, 0.29) is 24.2 Å². The zero-order valence-electron chi connectivity index (χ0n) is 18.6. The minimum atomic E-state index is -0.403. The molecular weight excluding hydrogens is 448 g/mol. The first-order valence-electron chi connectivity index (χ1n) is 11.2. The molecule has 1 fully saturated rings. The van der Waals surface area contributed by atoms with Crippen molar-refractivity contribution in [1.82, 2.24) is 15.5 Å². The highest BCUT2D eigenvalue weighted by Crippen LogP contribution is 2.25. The number of thiocarbonyl (C=S) groups is 1. The van der Waals surface area contributed by atoms with E-state index in [1.807, 2.05) is 65.6 Å². The van der Waals surface area contributed by atoms with Crippen LogP contribution in [0, 0.1) is 10.1 Å². The molecule has 0 bridgehead atoms. The zero-order chi connectivity index (χ0) is 23.9. The van der Waals surface area contributed by atoms with Crippen LogP contribution >= 0.6 is 12.2 Å². The van der Waals surface area contributed by atoms with E-state index < -0.39 is 11.0 Å². The highest BCUT2D eigenvalue weighted by Gasteiger charge is 2.34. The van der Waals surface area contributed by atoms with Crippen LogP contribution in [0.5, 0.6) is 0 Å². The Balaban J connectivity index is 1.46. The van der Waals surface area contributed by atoms with E-state index in [0.29, 0.717) is 23.6 Å². The smallest absolute Gasteiger partial charge is 0.274 e. The molecule has 7 nitrogen and oxygen atoms in total. The molecule has 174 valence electrons. The number of carbonyl (C=O) groups is 1. The van der Waals surface area contributed by atoms with Gasteiger partial charge in [-0.25, -0.2) is 0 Å². The molecule has 1 unspecified atom stereocenters. The van der Waals surface area contributed by atoms with Crippen molar-refractivity contribution in [3.8, 4) is 0 Å². The van der Waals surface area contributed by atoms with Gasteiger partial charge >= 0.3 is 0 Å². The van der Waals surface area contributed by atoms with Crippen molar-refractivity contribution in [2.75, 3.05) is 6.54 Å². The second-order valence-corrected chi connectivity index (χ2v) is 8.55. The van der Waals surface area contributed by atoms with Gasteiger partial charge in [-0.1, -0.05) is 78.9 Å². The monoisotopic (exact) mass is 474 g/mol. The summed E-state index contributed by atoms with van der Waals surface area (Å²) in [5.74, 6) is -0.0925. The SMILES string of the molecule is O=C(NC(c1ccccc1)c1ccccc1)C1CCCN1C(=S)NCc1ccccc1[N+](=O)[O-]. The largest absolute Gasteiger partial charge is 0.358 e. The summed E-state index contributed by atoms with van der Waals surface area (Å²) in [6, 6.07) is 25.6. The number of nitrogens with one attached hydrogen (secondary N) is 2. The molecule has 0 aromatic heterocycles. The summed E-state index contributed by atoms with van der Waals surface area (Å²) in [6.07, 6.45) is 1.53. The van der Waals surface area contributed by atoms with Crippen molar-refractivity contribution in [3.63, 3.8) is 0 Å². The Morgan fingerprint density at radius 2 is 1.59 bits per heavy atom. The van der Waals surface area contributed by atoms with Gasteiger partial charge in [-0.3, -0.25) is 14.9 Å². The van der Waals surface area contributed by atoms with Crippen LogP contribution in [0.1, 0.15) is 35.6 Å². The van der Waals surface area contributed by atoms with Gasteiger partial charge in [-0.05, 0) is 36.2 Å². The minimum Gasteiger partial charge on any atom is -0.358 e. The van der Waals surface area contributed by atoms with Gasteiger partial charge in [-0.2, -0.15) is 0 Å². The fourth-order valence-corrected chi connectivity index (χ4v) is 4.57. The van der Waals surface area contributed by atoms with Gasteiger partial charge in [0.15, 0.2) is 5.11 Å². The number of likely N-dealkylation sites (tertiary alicyclic amines) is 1. The molecule has 0 saturated carbocycles. The molecule has 1 aliphatic rings. The van der Waals surface area contributed by atoms with Crippen LogP contribution in [-0.4, -0.2) is 33.4 Å². The first-order valence-corrected chi connectivity index (χ1v) is 11.6. The van der Waals surface area contributed by atoms with Gasteiger partial charge in [0, 0.05) is 24.7 Å². The molecule has 3 aromatic rings. The highest BCUT2D eigenvalue weighted by atomic mass is 32.1. The number of amides is 1. The quantitative estimate of drug-likeness (QED) is 0.301. The average Bonchev–Trinajstić information content (AvgIpc) is 3.37. The van der Waals surface area contributed by atoms with Crippen LogP contribution in [0.3, 0.4) is 0 Å². The summed E-state index contributed by atoms with van der Waals surface area (Å²) in [7, 11) is 0. The number of hydrogen-bond donors (Lipinski definition) is 2. The van der Waals surface area contributed by atoms with Crippen LogP contribution in [0.15, 0.2) is 84.9 Å². The molecule has 0 aliphatic carbocycles. The molecule has 1 atom stereocenters. The first-order chi connectivity index (χ1) is 16.5. The Hall–Kier alpha value is -3.78. The summed E-state index contributed by atoms with van der Waals surface area (Å²) in [4.78, 5) is 26.2. The summed E-state index contributed by atoms with van der Waals surface area (Å²) in [6.45, 7) is 0.875. The Bertz CT molecular complexity index is 1120. The lowest BCUT2D eigenvalue weighted by atomic mass is 9.98. The van der Waals surface area contributed by atoms with Crippen molar-refractivity contribution in [2.24, 2.45) is 0 Å². The summed E-state index contributed by atoms with van der Waals surface area (Å²) in [5.41, 5.74) is 2.60. The molecule has 0 radical (unpaired) electrons. The first kappa shape index (κ1) is 23.4. The molecule has 0 spiro atoms. The Morgan fingerprint density at radius 3 is 2.21 bits per heavy atom. The van der Waals surface area contributed by atoms with Gasteiger partial charge in [0.25, 0.3) is 5.69 Å². The van der Waals surface area contributed by atoms with Crippen LogP contribution in [0.2, 0.25) is 0 Å². The van der Waals surface area contributed by atoms with Crippen molar-refractivity contribution < 1.29 is 9.72 Å². The molecule has 3 aromatic carbocycles. The average molecular weight is 475 g/mol. The number of nitrogens with zero attached hydrogens (tertiary/aromatic N) is 2.